The van der Waals surface area contributed by atoms with Crippen LogP contribution in [0.5, 0.6) is 0 Å². The van der Waals surface area contributed by atoms with Gasteiger partial charge in [-0.15, -0.1) is 0 Å². The number of likely N-dealkylation sites (N-methyl/N-ethyl adjacent to an activating group) is 2. The minimum atomic E-state index is -0.990. The van der Waals surface area contributed by atoms with Gasteiger partial charge in [0.05, 0.1) is 0 Å². The number of piperazine rings is 1. The van der Waals surface area contributed by atoms with Gasteiger partial charge in [0.25, 0.3) is 0 Å². The average Bonchev–Trinajstić information content (AvgIpc) is 2.36. The molecule has 2 heterocycles. The van der Waals surface area contributed by atoms with Crippen molar-refractivity contribution in [2.75, 3.05) is 33.7 Å². The Kier molecular flexibility index (Phi) is 4.11. The largest absolute Gasteiger partial charge is 0.477 e. The van der Waals surface area contributed by atoms with Gasteiger partial charge in [-0.1, -0.05) is 0 Å². The summed E-state index contributed by atoms with van der Waals surface area (Å²) >= 11 is 0. The third-order valence-electron chi connectivity index (χ3n) is 3.62. The second kappa shape index (κ2) is 5.63. The number of aromatic carboxylic acids is 1. The molecule has 2 rings (SSSR count). The molecule has 19 heavy (non-hydrogen) atoms. The number of carboxylic acid groups (broad SMARTS) is 1. The van der Waals surface area contributed by atoms with E-state index in [0.717, 1.165) is 19.6 Å². The van der Waals surface area contributed by atoms with Crippen LogP contribution in [0.2, 0.25) is 0 Å². The number of carbonyl (C=O) groups is 1. The zero-order valence-corrected chi connectivity index (χ0v) is 11.6. The molecule has 1 unspecified atom stereocenters. The molecule has 0 aromatic carbocycles. The molecular formula is C13H20N4O2. The van der Waals surface area contributed by atoms with Crippen LogP contribution in [0.15, 0.2) is 6.20 Å². The summed E-state index contributed by atoms with van der Waals surface area (Å²) in [5.74, 6) is -0.384. The van der Waals surface area contributed by atoms with Gasteiger partial charge >= 0.3 is 5.97 Å². The fourth-order valence-corrected chi connectivity index (χ4v) is 2.33. The molecule has 1 aliphatic rings. The van der Waals surface area contributed by atoms with E-state index in [1.54, 1.807) is 13.1 Å². The summed E-state index contributed by atoms with van der Waals surface area (Å²) in [6.45, 7) is 4.74. The van der Waals surface area contributed by atoms with Gasteiger partial charge in [0.2, 0.25) is 0 Å². The molecule has 0 spiro atoms. The smallest absolute Gasteiger partial charge is 0.354 e. The third-order valence-corrected chi connectivity index (χ3v) is 3.62. The Morgan fingerprint density at radius 2 is 2.21 bits per heavy atom. The highest BCUT2D eigenvalue weighted by Crippen LogP contribution is 2.11. The van der Waals surface area contributed by atoms with Crippen LogP contribution in [0.25, 0.3) is 0 Å². The summed E-state index contributed by atoms with van der Waals surface area (Å²) in [6.07, 6.45) is 2.28. The number of carboxylic acids is 1. The van der Waals surface area contributed by atoms with E-state index in [-0.39, 0.29) is 5.69 Å². The quantitative estimate of drug-likeness (QED) is 0.845. The van der Waals surface area contributed by atoms with Crippen molar-refractivity contribution in [2.45, 2.75) is 19.4 Å². The molecule has 1 aromatic rings. The first-order chi connectivity index (χ1) is 8.97. The molecule has 6 nitrogen and oxygen atoms in total. The standard InChI is InChI=1S/C13H20N4O2/c1-9-7-14-11(15-12(9)13(18)19)6-10-8-16(2)4-5-17(10)3/h7,10H,4-6,8H2,1-3H3,(H,18,19). The fourth-order valence-electron chi connectivity index (χ4n) is 2.33. The summed E-state index contributed by atoms with van der Waals surface area (Å²) < 4.78 is 0. The molecule has 0 aliphatic carbocycles. The Morgan fingerprint density at radius 1 is 1.47 bits per heavy atom. The maximum Gasteiger partial charge on any atom is 0.354 e. The molecular weight excluding hydrogens is 244 g/mol. The summed E-state index contributed by atoms with van der Waals surface area (Å²) in [5.41, 5.74) is 0.710. The summed E-state index contributed by atoms with van der Waals surface area (Å²) in [4.78, 5) is 24.1. The molecule has 1 atom stereocenters. The van der Waals surface area contributed by atoms with Crippen molar-refractivity contribution in [1.29, 1.82) is 0 Å². The van der Waals surface area contributed by atoms with E-state index in [0.29, 0.717) is 23.9 Å². The van der Waals surface area contributed by atoms with Crippen LogP contribution in [-0.2, 0) is 6.42 Å². The molecule has 0 bridgehead atoms. The fraction of sp³-hybridized carbons (Fsp3) is 0.615. The normalized spacial score (nSPS) is 21.5. The molecule has 0 saturated carbocycles. The average molecular weight is 264 g/mol. The topological polar surface area (TPSA) is 69.6 Å². The van der Waals surface area contributed by atoms with Crippen molar-refractivity contribution in [3.05, 3.63) is 23.3 Å². The van der Waals surface area contributed by atoms with Crippen molar-refractivity contribution in [3.63, 3.8) is 0 Å². The number of aromatic nitrogens is 2. The van der Waals surface area contributed by atoms with E-state index in [2.05, 4.69) is 33.9 Å². The van der Waals surface area contributed by atoms with Crippen LogP contribution in [0.4, 0.5) is 0 Å². The second-order valence-corrected chi connectivity index (χ2v) is 5.22. The molecule has 6 heteroatoms. The molecule has 1 saturated heterocycles. The summed E-state index contributed by atoms with van der Waals surface area (Å²) in [6, 6.07) is 0.336. The first-order valence-electron chi connectivity index (χ1n) is 6.42. The van der Waals surface area contributed by atoms with Crippen molar-refractivity contribution in [1.82, 2.24) is 19.8 Å². The lowest BCUT2D eigenvalue weighted by Crippen LogP contribution is -2.51. The molecule has 1 fully saturated rings. The highest BCUT2D eigenvalue weighted by Gasteiger charge is 2.23. The highest BCUT2D eigenvalue weighted by molar-refractivity contribution is 5.86. The first-order valence-corrected chi connectivity index (χ1v) is 6.42. The third kappa shape index (κ3) is 3.27. The first kappa shape index (κ1) is 13.9. The molecule has 1 aromatic heterocycles. The van der Waals surface area contributed by atoms with E-state index in [9.17, 15) is 4.79 Å². The number of rotatable bonds is 3. The molecule has 1 N–H and O–H groups in total. The van der Waals surface area contributed by atoms with Gasteiger partial charge in [-0.25, -0.2) is 14.8 Å². The lowest BCUT2D eigenvalue weighted by Gasteiger charge is -2.37. The van der Waals surface area contributed by atoms with E-state index in [1.807, 2.05) is 0 Å². The van der Waals surface area contributed by atoms with Crippen LogP contribution >= 0.6 is 0 Å². The highest BCUT2D eigenvalue weighted by atomic mass is 16.4. The van der Waals surface area contributed by atoms with Gasteiger partial charge < -0.3 is 14.9 Å². The monoisotopic (exact) mass is 264 g/mol. The van der Waals surface area contributed by atoms with Crippen LogP contribution in [0, 0.1) is 6.92 Å². The summed E-state index contributed by atoms with van der Waals surface area (Å²) in [5, 5.41) is 9.08. The van der Waals surface area contributed by atoms with Crippen LogP contribution in [0.1, 0.15) is 21.9 Å². The van der Waals surface area contributed by atoms with E-state index in [4.69, 9.17) is 5.11 Å². The summed E-state index contributed by atoms with van der Waals surface area (Å²) in [7, 11) is 4.18. The molecule has 0 radical (unpaired) electrons. The Hall–Kier alpha value is -1.53. The van der Waals surface area contributed by atoms with Crippen LogP contribution < -0.4 is 0 Å². The zero-order chi connectivity index (χ0) is 14.0. The Balaban J connectivity index is 2.14. The van der Waals surface area contributed by atoms with Crippen molar-refractivity contribution in [3.8, 4) is 0 Å². The van der Waals surface area contributed by atoms with Crippen molar-refractivity contribution < 1.29 is 9.90 Å². The molecule has 1 aliphatic heterocycles. The van der Waals surface area contributed by atoms with Crippen molar-refractivity contribution >= 4 is 5.97 Å². The van der Waals surface area contributed by atoms with E-state index in [1.165, 1.54) is 0 Å². The number of hydrogen-bond donors (Lipinski definition) is 1. The minimum absolute atomic E-state index is 0.108. The number of nitrogens with zero attached hydrogens (tertiary/aromatic N) is 4. The van der Waals surface area contributed by atoms with Gasteiger partial charge in [-0.05, 0) is 21.0 Å². The lowest BCUT2D eigenvalue weighted by atomic mass is 10.1. The maximum absolute atomic E-state index is 11.1. The van der Waals surface area contributed by atoms with E-state index < -0.39 is 5.97 Å². The Morgan fingerprint density at radius 3 is 2.89 bits per heavy atom. The van der Waals surface area contributed by atoms with Gasteiger partial charge in [-0.2, -0.15) is 0 Å². The minimum Gasteiger partial charge on any atom is -0.477 e. The van der Waals surface area contributed by atoms with Gasteiger partial charge in [-0.3, -0.25) is 0 Å². The van der Waals surface area contributed by atoms with Gasteiger partial charge in [0.15, 0.2) is 5.69 Å². The van der Waals surface area contributed by atoms with Gasteiger partial charge in [0, 0.05) is 43.9 Å². The number of hydrogen-bond acceptors (Lipinski definition) is 5. The SMILES string of the molecule is Cc1cnc(CC2CN(C)CCN2C)nc1C(=O)O. The number of aryl methyl sites for hydroxylation is 1. The van der Waals surface area contributed by atoms with Crippen molar-refractivity contribution in [2.24, 2.45) is 0 Å². The second-order valence-electron chi connectivity index (χ2n) is 5.22. The lowest BCUT2D eigenvalue weighted by molar-refractivity contribution is 0.0688. The zero-order valence-electron chi connectivity index (χ0n) is 11.6. The Bertz CT molecular complexity index is 478. The molecule has 104 valence electrons. The molecule has 0 amide bonds. The maximum atomic E-state index is 11.1. The predicted molar refractivity (Wildman–Crippen MR) is 71.3 cm³/mol. The van der Waals surface area contributed by atoms with Crippen LogP contribution in [0.3, 0.4) is 0 Å². The Labute approximate surface area is 113 Å². The van der Waals surface area contributed by atoms with Crippen LogP contribution in [-0.4, -0.2) is 70.6 Å². The predicted octanol–water partition coefficient (Wildman–Crippen LogP) is 0.272. The van der Waals surface area contributed by atoms with E-state index >= 15 is 0 Å². The van der Waals surface area contributed by atoms with Gasteiger partial charge in [0.1, 0.15) is 5.82 Å².